The van der Waals surface area contributed by atoms with Gasteiger partial charge >= 0.3 is 0 Å². The molecule has 1 unspecified atom stereocenters. The van der Waals surface area contributed by atoms with Crippen LogP contribution in [0, 0.1) is 11.7 Å². The van der Waals surface area contributed by atoms with Crippen molar-refractivity contribution in [3.05, 3.63) is 54.2 Å². The van der Waals surface area contributed by atoms with Gasteiger partial charge in [-0.25, -0.2) is 18.3 Å². The van der Waals surface area contributed by atoms with Crippen LogP contribution in [0.4, 0.5) is 10.1 Å². The minimum absolute atomic E-state index is 0.104. The Kier molecular flexibility index (Phi) is 7.16. The van der Waals surface area contributed by atoms with Crippen molar-refractivity contribution in [3.8, 4) is 0 Å². The molecular formula is C17H21FN2O5S. The van der Waals surface area contributed by atoms with Crippen LogP contribution < -0.4 is 10.2 Å². The van der Waals surface area contributed by atoms with Gasteiger partial charge in [-0.05, 0) is 36.8 Å². The number of hydrogen-bond acceptors (Lipinski definition) is 5. The monoisotopic (exact) mass is 384 g/mol. The zero-order valence-electron chi connectivity index (χ0n) is 14.3. The number of amides is 1. The number of rotatable bonds is 10. The molecule has 7 nitrogen and oxygen atoms in total. The Hall–Kier alpha value is -2.39. The lowest BCUT2D eigenvalue weighted by atomic mass is 10.2. The predicted molar refractivity (Wildman–Crippen MR) is 94.1 cm³/mol. The van der Waals surface area contributed by atoms with Gasteiger partial charge in [-0.3, -0.25) is 14.4 Å². The van der Waals surface area contributed by atoms with E-state index >= 15 is 0 Å². The van der Waals surface area contributed by atoms with Crippen molar-refractivity contribution in [2.75, 3.05) is 17.1 Å². The first-order chi connectivity index (χ1) is 12.4. The molecule has 0 bridgehead atoms. The highest BCUT2D eigenvalue weighted by Gasteiger charge is 2.22. The lowest BCUT2D eigenvalue weighted by Gasteiger charge is -2.13. The second kappa shape index (κ2) is 9.35. The molecule has 1 heterocycles. The first kappa shape index (κ1) is 19.9. The van der Waals surface area contributed by atoms with Crippen molar-refractivity contribution in [1.82, 2.24) is 5.48 Å². The Bertz CT molecular complexity index is 808. The van der Waals surface area contributed by atoms with Crippen molar-refractivity contribution in [2.45, 2.75) is 19.8 Å². The molecule has 2 N–H and O–H groups in total. The minimum atomic E-state index is -3.81. The quantitative estimate of drug-likeness (QED) is 0.484. The van der Waals surface area contributed by atoms with E-state index in [0.29, 0.717) is 12.8 Å². The number of aryl methyl sites for hydroxylation is 1. The van der Waals surface area contributed by atoms with Gasteiger partial charge in [-0.2, -0.15) is 0 Å². The minimum Gasteiger partial charge on any atom is -0.469 e. The van der Waals surface area contributed by atoms with Gasteiger partial charge in [0.1, 0.15) is 11.6 Å². The standard InChI is InChI=1S/C17H21FN2O5S/c1-13(12-26(22,23)20-15-6-2-5-14(18)11-15)17(21)19-25-10-4-8-16-7-3-9-24-16/h2-3,5-7,9,11,13,20H,4,8,10,12H2,1H3,(H,19,21). The summed E-state index contributed by atoms with van der Waals surface area (Å²) in [6, 6.07) is 8.71. The second-order valence-corrected chi connectivity index (χ2v) is 7.56. The van der Waals surface area contributed by atoms with E-state index in [4.69, 9.17) is 9.25 Å². The summed E-state index contributed by atoms with van der Waals surface area (Å²) in [5.41, 5.74) is 2.34. The Labute approximate surface area is 151 Å². The molecular weight excluding hydrogens is 363 g/mol. The van der Waals surface area contributed by atoms with E-state index in [1.807, 2.05) is 6.07 Å². The largest absolute Gasteiger partial charge is 0.469 e. The number of sulfonamides is 1. The van der Waals surface area contributed by atoms with E-state index in [1.165, 1.54) is 25.1 Å². The van der Waals surface area contributed by atoms with E-state index in [9.17, 15) is 17.6 Å². The Morgan fingerprint density at radius 1 is 1.31 bits per heavy atom. The lowest BCUT2D eigenvalue weighted by molar-refractivity contribution is -0.136. The molecule has 0 aliphatic rings. The number of nitrogens with one attached hydrogen (secondary N) is 2. The topological polar surface area (TPSA) is 97.6 Å². The number of anilines is 1. The number of hydroxylamine groups is 1. The number of hydrogen-bond donors (Lipinski definition) is 2. The van der Waals surface area contributed by atoms with Gasteiger partial charge in [0.25, 0.3) is 0 Å². The SMILES string of the molecule is CC(CS(=O)(=O)Nc1cccc(F)c1)C(=O)NOCCCc1ccco1. The summed E-state index contributed by atoms with van der Waals surface area (Å²) in [6.07, 6.45) is 2.89. The fourth-order valence-corrected chi connectivity index (χ4v) is 3.55. The second-order valence-electron chi connectivity index (χ2n) is 5.79. The summed E-state index contributed by atoms with van der Waals surface area (Å²) in [6.45, 7) is 1.74. The molecule has 0 saturated heterocycles. The van der Waals surface area contributed by atoms with Crippen LogP contribution in [0.5, 0.6) is 0 Å². The van der Waals surface area contributed by atoms with Crippen LogP contribution in [0.3, 0.4) is 0 Å². The van der Waals surface area contributed by atoms with Crippen molar-refractivity contribution >= 4 is 21.6 Å². The maximum Gasteiger partial charge on any atom is 0.247 e. The number of halogens is 1. The highest BCUT2D eigenvalue weighted by Crippen LogP contribution is 2.13. The molecule has 0 aliphatic heterocycles. The summed E-state index contributed by atoms with van der Waals surface area (Å²) in [4.78, 5) is 17.0. The Morgan fingerprint density at radius 3 is 2.81 bits per heavy atom. The molecule has 9 heteroatoms. The average Bonchev–Trinajstić information content (AvgIpc) is 3.06. The van der Waals surface area contributed by atoms with E-state index in [0.717, 1.165) is 11.8 Å². The number of furan rings is 1. The van der Waals surface area contributed by atoms with Gasteiger partial charge in [-0.1, -0.05) is 13.0 Å². The third-order valence-electron chi connectivity index (χ3n) is 3.44. The van der Waals surface area contributed by atoms with Crippen LogP contribution in [-0.2, 0) is 26.1 Å². The lowest BCUT2D eigenvalue weighted by Crippen LogP contribution is -2.35. The molecule has 0 saturated carbocycles. The van der Waals surface area contributed by atoms with Gasteiger partial charge < -0.3 is 4.42 Å². The molecule has 1 atom stereocenters. The van der Waals surface area contributed by atoms with E-state index in [2.05, 4.69) is 10.2 Å². The summed E-state index contributed by atoms with van der Waals surface area (Å²) in [5, 5.41) is 0. The normalized spacial score (nSPS) is 12.5. The molecule has 1 aromatic carbocycles. The molecule has 1 aromatic heterocycles. The molecule has 0 fully saturated rings. The molecule has 0 spiro atoms. The molecule has 2 aromatic rings. The highest BCUT2D eigenvalue weighted by atomic mass is 32.2. The maximum absolute atomic E-state index is 13.1. The van der Waals surface area contributed by atoms with Crippen LogP contribution in [-0.4, -0.2) is 26.7 Å². The fourth-order valence-electron chi connectivity index (χ4n) is 2.17. The van der Waals surface area contributed by atoms with Crippen molar-refractivity contribution in [3.63, 3.8) is 0 Å². The molecule has 26 heavy (non-hydrogen) atoms. The summed E-state index contributed by atoms with van der Waals surface area (Å²) in [7, 11) is -3.81. The van der Waals surface area contributed by atoms with Crippen molar-refractivity contribution in [1.29, 1.82) is 0 Å². The van der Waals surface area contributed by atoms with Crippen molar-refractivity contribution in [2.24, 2.45) is 5.92 Å². The third-order valence-corrected chi connectivity index (χ3v) is 4.92. The van der Waals surface area contributed by atoms with Gasteiger partial charge in [0.15, 0.2) is 0 Å². The highest BCUT2D eigenvalue weighted by molar-refractivity contribution is 7.92. The van der Waals surface area contributed by atoms with E-state index in [-0.39, 0.29) is 12.3 Å². The number of carbonyl (C=O) groups excluding carboxylic acids is 1. The number of carbonyl (C=O) groups is 1. The van der Waals surface area contributed by atoms with E-state index < -0.39 is 33.4 Å². The first-order valence-corrected chi connectivity index (χ1v) is 9.71. The zero-order valence-corrected chi connectivity index (χ0v) is 15.1. The summed E-state index contributed by atoms with van der Waals surface area (Å²) >= 11 is 0. The van der Waals surface area contributed by atoms with Gasteiger partial charge in [0.2, 0.25) is 15.9 Å². The van der Waals surface area contributed by atoms with Crippen molar-refractivity contribution < 1.29 is 26.9 Å². The molecule has 0 radical (unpaired) electrons. The van der Waals surface area contributed by atoms with Crippen LogP contribution in [0.15, 0.2) is 47.1 Å². The fraction of sp³-hybridized carbons (Fsp3) is 0.353. The van der Waals surface area contributed by atoms with Crippen LogP contribution >= 0.6 is 0 Å². The molecule has 2 rings (SSSR count). The van der Waals surface area contributed by atoms with Crippen LogP contribution in [0.25, 0.3) is 0 Å². The smallest absolute Gasteiger partial charge is 0.247 e. The van der Waals surface area contributed by atoms with Gasteiger partial charge in [-0.15, -0.1) is 0 Å². The Morgan fingerprint density at radius 2 is 2.12 bits per heavy atom. The van der Waals surface area contributed by atoms with E-state index in [1.54, 1.807) is 12.3 Å². The first-order valence-electron chi connectivity index (χ1n) is 8.06. The Balaban J connectivity index is 1.71. The van der Waals surface area contributed by atoms with Crippen LogP contribution in [0.1, 0.15) is 19.1 Å². The summed E-state index contributed by atoms with van der Waals surface area (Å²) < 4.78 is 44.7. The zero-order chi connectivity index (χ0) is 19.0. The predicted octanol–water partition coefficient (Wildman–Crippen LogP) is 2.48. The molecule has 0 aliphatic carbocycles. The van der Waals surface area contributed by atoms with Gasteiger partial charge in [0, 0.05) is 6.42 Å². The van der Waals surface area contributed by atoms with Gasteiger partial charge in [0.05, 0.1) is 30.2 Å². The maximum atomic E-state index is 13.1. The molecule has 142 valence electrons. The molecule has 1 amide bonds. The average molecular weight is 384 g/mol. The number of benzene rings is 1. The van der Waals surface area contributed by atoms with Crippen LogP contribution in [0.2, 0.25) is 0 Å². The summed E-state index contributed by atoms with van der Waals surface area (Å²) in [5.74, 6) is -1.58. The third kappa shape index (κ3) is 6.85.